The van der Waals surface area contributed by atoms with E-state index in [0.29, 0.717) is 10.0 Å². The minimum absolute atomic E-state index is 0.267. The highest BCUT2D eigenvalue weighted by molar-refractivity contribution is 5.67. The summed E-state index contributed by atoms with van der Waals surface area (Å²) in [5.74, 6) is 0. The molecule has 0 radical (unpaired) electrons. The normalized spacial score (nSPS) is 8.88. The molecule has 0 aliphatic rings. The van der Waals surface area contributed by atoms with Gasteiger partial charge in [-0.2, -0.15) is 10.0 Å². The molecule has 2 amide bonds. The molecule has 16 heavy (non-hydrogen) atoms. The Morgan fingerprint density at radius 2 is 1.25 bits per heavy atom. The summed E-state index contributed by atoms with van der Waals surface area (Å²) < 4.78 is 8.89. The van der Waals surface area contributed by atoms with E-state index in [4.69, 9.17) is 0 Å². The monoisotopic (exact) mass is 234 g/mol. The van der Waals surface area contributed by atoms with Crippen LogP contribution in [0.5, 0.6) is 0 Å². The van der Waals surface area contributed by atoms with Gasteiger partial charge in [-0.25, -0.2) is 9.59 Å². The van der Waals surface area contributed by atoms with Gasteiger partial charge in [-0.15, -0.1) is 9.81 Å². The molecule has 0 atom stereocenters. The van der Waals surface area contributed by atoms with Gasteiger partial charge in [-0.3, -0.25) is 0 Å². The van der Waals surface area contributed by atoms with Gasteiger partial charge in [0, 0.05) is 14.1 Å². The molecule has 0 spiro atoms. The van der Waals surface area contributed by atoms with E-state index in [2.05, 4.69) is 20.0 Å². The minimum atomic E-state index is -0.979. The van der Waals surface area contributed by atoms with E-state index in [9.17, 15) is 19.4 Å². The van der Waals surface area contributed by atoms with E-state index < -0.39 is 12.2 Å². The van der Waals surface area contributed by atoms with Crippen molar-refractivity contribution < 1.29 is 19.1 Å². The van der Waals surface area contributed by atoms with Gasteiger partial charge in [-0.05, 0) is 0 Å². The zero-order chi connectivity index (χ0) is 12.6. The number of carbonyl (C=O) groups is 2. The number of rotatable bonds is 5. The third-order valence-electron chi connectivity index (χ3n) is 1.31. The van der Waals surface area contributed by atoms with Crippen molar-refractivity contribution >= 4 is 12.2 Å². The number of nitroso groups, excluding NO2 is 2. The Bertz CT molecular complexity index is 254. The molecule has 0 heterocycles. The van der Waals surface area contributed by atoms with Crippen molar-refractivity contribution in [1.82, 2.24) is 10.0 Å². The lowest BCUT2D eigenvalue weighted by molar-refractivity contribution is 0.0660. The highest BCUT2D eigenvalue weighted by atomic mass is 16.6. The second-order valence-electron chi connectivity index (χ2n) is 2.44. The molecule has 0 aliphatic carbocycles. The van der Waals surface area contributed by atoms with Gasteiger partial charge in [0.05, 0.1) is 10.6 Å². The van der Waals surface area contributed by atoms with Gasteiger partial charge in [-0.1, -0.05) is 0 Å². The first-order chi connectivity index (χ1) is 7.52. The number of carbonyl (C=O) groups excluding carboxylic acids is 2. The molecular weight excluding hydrogens is 224 g/mol. The van der Waals surface area contributed by atoms with E-state index in [1.807, 2.05) is 0 Å². The lowest BCUT2D eigenvalue weighted by Crippen LogP contribution is -2.26. The van der Waals surface area contributed by atoms with Crippen LogP contribution in [-0.4, -0.2) is 49.5 Å². The lowest BCUT2D eigenvalue weighted by Gasteiger charge is -2.10. The van der Waals surface area contributed by atoms with Crippen LogP contribution in [-0.2, 0) is 9.47 Å². The SMILES string of the molecule is CN(N=O)C(=O)OCCOC(=O)N(C)N=O. The Labute approximate surface area is 90.0 Å². The predicted molar refractivity (Wildman–Crippen MR) is 49.8 cm³/mol. The second kappa shape index (κ2) is 7.09. The van der Waals surface area contributed by atoms with Crippen molar-refractivity contribution in [2.45, 2.75) is 0 Å². The maximum atomic E-state index is 10.8. The van der Waals surface area contributed by atoms with Crippen molar-refractivity contribution in [2.24, 2.45) is 10.6 Å². The van der Waals surface area contributed by atoms with Crippen LogP contribution >= 0.6 is 0 Å². The Morgan fingerprint density at radius 1 is 0.938 bits per heavy atom. The summed E-state index contributed by atoms with van der Waals surface area (Å²) in [5, 5.41) is 5.42. The molecule has 90 valence electrons. The van der Waals surface area contributed by atoms with Gasteiger partial charge < -0.3 is 9.47 Å². The Balaban J connectivity index is 3.68. The van der Waals surface area contributed by atoms with Crippen molar-refractivity contribution in [3.05, 3.63) is 9.81 Å². The first kappa shape index (κ1) is 13.7. The summed E-state index contributed by atoms with van der Waals surface area (Å²) in [4.78, 5) is 41.3. The fourth-order valence-electron chi connectivity index (χ4n) is 0.511. The van der Waals surface area contributed by atoms with Crippen LogP contribution in [0.25, 0.3) is 0 Å². The van der Waals surface area contributed by atoms with Crippen molar-refractivity contribution in [3.8, 4) is 0 Å². The van der Waals surface area contributed by atoms with Gasteiger partial charge in [0.1, 0.15) is 13.2 Å². The Hall–Kier alpha value is -2.26. The molecule has 0 aromatic carbocycles. The van der Waals surface area contributed by atoms with Gasteiger partial charge in [0.15, 0.2) is 0 Å². The summed E-state index contributed by atoms with van der Waals surface area (Å²) in [7, 11) is 2.21. The molecular formula is C6H10N4O6. The van der Waals surface area contributed by atoms with E-state index >= 15 is 0 Å². The Morgan fingerprint density at radius 3 is 1.50 bits per heavy atom. The van der Waals surface area contributed by atoms with Crippen molar-refractivity contribution in [3.63, 3.8) is 0 Å². The highest BCUT2D eigenvalue weighted by Gasteiger charge is 2.12. The number of hydrogen-bond donors (Lipinski definition) is 0. The third kappa shape index (κ3) is 4.83. The van der Waals surface area contributed by atoms with Gasteiger partial charge in [0.2, 0.25) is 0 Å². The topological polar surface area (TPSA) is 118 Å². The first-order valence-electron chi connectivity index (χ1n) is 4.00. The first-order valence-corrected chi connectivity index (χ1v) is 4.00. The molecule has 0 unspecified atom stereocenters. The molecule has 0 aliphatic heterocycles. The summed E-state index contributed by atoms with van der Waals surface area (Å²) in [6.07, 6.45) is -1.96. The number of hydrogen-bond acceptors (Lipinski definition) is 8. The predicted octanol–water partition coefficient (Wildman–Crippen LogP) is 0.486. The molecule has 10 nitrogen and oxygen atoms in total. The molecule has 0 N–H and O–H groups in total. The van der Waals surface area contributed by atoms with Gasteiger partial charge in [0.25, 0.3) is 0 Å². The average molecular weight is 234 g/mol. The zero-order valence-corrected chi connectivity index (χ0v) is 8.65. The van der Waals surface area contributed by atoms with E-state index in [0.717, 1.165) is 14.1 Å². The molecule has 0 saturated carbocycles. The molecule has 10 heteroatoms. The Kier molecular flexibility index (Phi) is 6.09. The van der Waals surface area contributed by atoms with E-state index in [1.165, 1.54) is 0 Å². The maximum Gasteiger partial charge on any atom is 0.432 e. The zero-order valence-electron chi connectivity index (χ0n) is 8.65. The third-order valence-corrected chi connectivity index (χ3v) is 1.31. The van der Waals surface area contributed by atoms with Crippen LogP contribution in [0.3, 0.4) is 0 Å². The lowest BCUT2D eigenvalue weighted by atomic mass is 10.7. The molecule has 0 bridgehead atoms. The van der Waals surface area contributed by atoms with Crippen LogP contribution < -0.4 is 0 Å². The maximum absolute atomic E-state index is 10.8. The van der Waals surface area contributed by atoms with Crippen LogP contribution in [0.15, 0.2) is 10.6 Å². The highest BCUT2D eigenvalue weighted by Crippen LogP contribution is 1.93. The fourth-order valence-corrected chi connectivity index (χ4v) is 0.511. The van der Waals surface area contributed by atoms with Crippen LogP contribution in [0.4, 0.5) is 9.59 Å². The molecule has 0 rings (SSSR count). The average Bonchev–Trinajstić information content (AvgIpc) is 2.31. The van der Waals surface area contributed by atoms with Crippen molar-refractivity contribution in [1.29, 1.82) is 0 Å². The summed E-state index contributed by atoms with van der Waals surface area (Å²) in [6.45, 7) is -0.533. The van der Waals surface area contributed by atoms with Crippen LogP contribution in [0.1, 0.15) is 0 Å². The molecule has 0 fully saturated rings. The second-order valence-corrected chi connectivity index (χ2v) is 2.44. The minimum Gasteiger partial charge on any atom is -0.444 e. The molecule has 0 aromatic rings. The molecule has 0 saturated heterocycles. The smallest absolute Gasteiger partial charge is 0.432 e. The number of nitrogens with zero attached hydrogens (tertiary/aromatic N) is 4. The van der Waals surface area contributed by atoms with Crippen molar-refractivity contribution in [2.75, 3.05) is 27.3 Å². The quantitative estimate of drug-likeness (QED) is 0.388. The van der Waals surface area contributed by atoms with Gasteiger partial charge >= 0.3 is 12.2 Å². The fraction of sp³-hybridized carbons (Fsp3) is 0.667. The number of amides is 2. The van der Waals surface area contributed by atoms with E-state index in [-0.39, 0.29) is 13.2 Å². The standard InChI is InChI=1S/C6H10N4O6/c1-9(7-13)5(11)15-3-4-16-6(12)10(2)8-14/h3-4H2,1-2H3. The van der Waals surface area contributed by atoms with E-state index in [1.54, 1.807) is 0 Å². The van der Waals surface area contributed by atoms with Crippen LogP contribution in [0.2, 0.25) is 0 Å². The summed E-state index contributed by atoms with van der Waals surface area (Å²) in [6, 6.07) is 0. The largest absolute Gasteiger partial charge is 0.444 e. The summed E-state index contributed by atoms with van der Waals surface area (Å²) >= 11 is 0. The summed E-state index contributed by atoms with van der Waals surface area (Å²) in [5.41, 5.74) is 0. The number of ether oxygens (including phenoxy) is 2. The molecule has 0 aromatic heterocycles. The van der Waals surface area contributed by atoms with Crippen LogP contribution in [0, 0.1) is 9.81 Å².